The van der Waals surface area contributed by atoms with Crippen LogP contribution in [0.5, 0.6) is 0 Å². The molecule has 0 radical (unpaired) electrons. The van der Waals surface area contributed by atoms with E-state index in [0.29, 0.717) is 52.3 Å². The number of rotatable bonds is 3. The van der Waals surface area contributed by atoms with E-state index in [-0.39, 0.29) is 23.4 Å². The molecule has 2 aliphatic rings. The third-order valence-electron chi connectivity index (χ3n) is 4.33. The lowest BCUT2D eigenvalue weighted by molar-refractivity contribution is -0.114. The number of aromatic nitrogens is 3. The molecule has 0 aliphatic carbocycles. The number of thiazole rings is 1. The van der Waals surface area contributed by atoms with Crippen LogP contribution in [0.15, 0.2) is 4.21 Å². The highest BCUT2D eigenvalue weighted by Gasteiger charge is 2.36. The van der Waals surface area contributed by atoms with Gasteiger partial charge in [0.15, 0.2) is 10.8 Å². The van der Waals surface area contributed by atoms with Crippen molar-refractivity contribution in [3.63, 3.8) is 0 Å². The van der Waals surface area contributed by atoms with Crippen LogP contribution in [0.4, 0.5) is 5.13 Å². The number of hydrogen-bond acceptors (Lipinski definition) is 7. The van der Waals surface area contributed by atoms with E-state index in [2.05, 4.69) is 15.4 Å². The van der Waals surface area contributed by atoms with Crippen molar-refractivity contribution in [1.82, 2.24) is 14.8 Å². The largest absolute Gasteiger partial charge is 0.476 e. The quantitative estimate of drug-likeness (QED) is 0.808. The fraction of sp³-hybridized carbons (Fsp3) is 0.467. The fourth-order valence-electron chi connectivity index (χ4n) is 3.23. The maximum Gasteiger partial charge on any atom is 0.356 e. The second kappa shape index (κ2) is 6.56. The Bertz CT molecular complexity index is 929. The lowest BCUT2D eigenvalue weighted by Gasteiger charge is -2.25. The van der Waals surface area contributed by atoms with Crippen molar-refractivity contribution in [1.29, 1.82) is 0 Å². The zero-order valence-corrected chi connectivity index (χ0v) is 15.5. The van der Waals surface area contributed by atoms with Crippen molar-refractivity contribution in [2.24, 2.45) is 0 Å². The molecule has 4 heterocycles. The summed E-state index contributed by atoms with van der Waals surface area (Å²) in [5.41, 5.74) is 1.40. The molecule has 0 aromatic carbocycles. The van der Waals surface area contributed by atoms with Crippen LogP contribution in [-0.2, 0) is 26.1 Å². The molecule has 2 aliphatic heterocycles. The Kier molecular flexibility index (Phi) is 4.37. The van der Waals surface area contributed by atoms with E-state index in [1.807, 2.05) is 0 Å². The van der Waals surface area contributed by atoms with E-state index in [1.165, 1.54) is 6.92 Å². The minimum Gasteiger partial charge on any atom is -0.476 e. The zero-order valence-electron chi connectivity index (χ0n) is 13.9. The van der Waals surface area contributed by atoms with Gasteiger partial charge in [0.05, 0.1) is 28.3 Å². The van der Waals surface area contributed by atoms with E-state index in [4.69, 9.17) is 4.74 Å². The molecule has 9 nitrogen and oxygen atoms in total. The first kappa shape index (κ1) is 17.3. The van der Waals surface area contributed by atoms with Crippen molar-refractivity contribution < 1.29 is 23.6 Å². The molecular weight excluding hydrogens is 380 g/mol. The van der Waals surface area contributed by atoms with E-state index in [0.717, 1.165) is 11.3 Å². The molecule has 0 spiro atoms. The van der Waals surface area contributed by atoms with Crippen LogP contribution >= 0.6 is 11.3 Å². The number of nitrogens with one attached hydrogen (secondary N) is 1. The molecule has 1 saturated heterocycles. The summed E-state index contributed by atoms with van der Waals surface area (Å²) in [6, 6.07) is -0.00379. The van der Waals surface area contributed by atoms with Gasteiger partial charge in [0, 0.05) is 25.7 Å². The van der Waals surface area contributed by atoms with Gasteiger partial charge >= 0.3 is 5.97 Å². The Hall–Kier alpha value is -2.11. The van der Waals surface area contributed by atoms with Crippen LogP contribution < -0.4 is 5.32 Å². The Balaban J connectivity index is 1.89. The summed E-state index contributed by atoms with van der Waals surface area (Å²) in [4.78, 5) is 27.4. The number of carbonyl (C=O) groups is 2. The van der Waals surface area contributed by atoms with Gasteiger partial charge in [0.25, 0.3) is 0 Å². The first-order valence-electron chi connectivity index (χ1n) is 8.05. The fourth-order valence-corrected chi connectivity index (χ4v) is 5.79. The van der Waals surface area contributed by atoms with Gasteiger partial charge in [-0.1, -0.05) is 11.3 Å². The van der Waals surface area contributed by atoms with Crippen LogP contribution in [-0.4, -0.2) is 49.2 Å². The standard InChI is InChI=1S/C15H16N4O5S2/c1-7(20)16-15-17-11-12-9(6-26(23)14(11)25-15)10(13(21)22)18-19(12)8-2-4-24-5-3-8/h8H,2-6H2,1H3,(H,21,22)(H,16,17,20). The molecule has 2 aromatic rings. The number of fused-ring (bicyclic) bond motifs is 3. The molecule has 0 saturated carbocycles. The Morgan fingerprint density at radius 3 is 2.77 bits per heavy atom. The number of aromatic carboxylic acids is 1. The molecule has 4 rings (SSSR count). The van der Waals surface area contributed by atoms with E-state index in [9.17, 15) is 18.9 Å². The second-order valence-electron chi connectivity index (χ2n) is 6.10. The normalized spacial score (nSPS) is 19.7. The van der Waals surface area contributed by atoms with Crippen molar-refractivity contribution in [2.75, 3.05) is 18.5 Å². The van der Waals surface area contributed by atoms with E-state index < -0.39 is 16.8 Å². The minimum atomic E-state index is -1.43. The smallest absolute Gasteiger partial charge is 0.356 e. The molecule has 1 unspecified atom stereocenters. The van der Waals surface area contributed by atoms with Gasteiger partial charge in [0.2, 0.25) is 5.91 Å². The third kappa shape index (κ3) is 2.85. The molecule has 1 atom stereocenters. The Labute approximate surface area is 154 Å². The number of carbonyl (C=O) groups excluding carboxylic acids is 1. The highest BCUT2D eigenvalue weighted by Crippen LogP contribution is 2.43. The van der Waals surface area contributed by atoms with Crippen LogP contribution in [0, 0.1) is 0 Å². The van der Waals surface area contributed by atoms with Gasteiger partial charge in [-0.2, -0.15) is 5.10 Å². The van der Waals surface area contributed by atoms with Gasteiger partial charge in [-0.3, -0.25) is 13.7 Å². The molecule has 1 amide bonds. The van der Waals surface area contributed by atoms with Crippen LogP contribution in [0.3, 0.4) is 0 Å². The number of amides is 1. The molecule has 26 heavy (non-hydrogen) atoms. The monoisotopic (exact) mass is 396 g/mol. The molecular formula is C15H16N4O5S2. The average Bonchev–Trinajstić information content (AvgIpc) is 3.16. The van der Waals surface area contributed by atoms with Crippen molar-refractivity contribution in [3.8, 4) is 11.4 Å². The Morgan fingerprint density at radius 2 is 2.12 bits per heavy atom. The second-order valence-corrected chi connectivity index (χ2v) is 8.74. The average molecular weight is 396 g/mol. The van der Waals surface area contributed by atoms with Crippen molar-refractivity contribution >= 4 is 39.1 Å². The number of ether oxygens (including phenoxy) is 1. The minimum absolute atomic E-state index is 0.00379. The van der Waals surface area contributed by atoms with Gasteiger partial charge in [-0.25, -0.2) is 9.78 Å². The SMILES string of the molecule is CC(=O)Nc1nc2c(s1)S(=O)Cc1c(C(=O)O)nn(C3CCOCC3)c1-2. The summed E-state index contributed by atoms with van der Waals surface area (Å²) in [6.07, 6.45) is 1.43. The topological polar surface area (TPSA) is 123 Å². The number of carboxylic acids is 1. The molecule has 11 heteroatoms. The van der Waals surface area contributed by atoms with E-state index >= 15 is 0 Å². The number of anilines is 1. The highest BCUT2D eigenvalue weighted by molar-refractivity contribution is 7.87. The molecule has 2 aromatic heterocycles. The third-order valence-corrected chi connectivity index (χ3v) is 7.06. The summed E-state index contributed by atoms with van der Waals surface area (Å²) in [6.45, 7) is 2.53. The Morgan fingerprint density at radius 1 is 1.38 bits per heavy atom. The maximum absolute atomic E-state index is 12.6. The van der Waals surface area contributed by atoms with Gasteiger partial charge in [-0.15, -0.1) is 0 Å². The van der Waals surface area contributed by atoms with E-state index in [1.54, 1.807) is 4.68 Å². The lowest BCUT2D eigenvalue weighted by atomic mass is 10.1. The maximum atomic E-state index is 12.6. The van der Waals surface area contributed by atoms with Crippen molar-refractivity contribution in [2.45, 2.75) is 35.8 Å². The molecule has 2 N–H and O–H groups in total. The van der Waals surface area contributed by atoms with Gasteiger partial charge < -0.3 is 15.2 Å². The molecule has 0 bridgehead atoms. The lowest BCUT2D eigenvalue weighted by Crippen LogP contribution is -2.22. The summed E-state index contributed by atoms with van der Waals surface area (Å²) in [5, 5.41) is 16.8. The zero-order chi connectivity index (χ0) is 18.4. The first-order valence-corrected chi connectivity index (χ1v) is 10.2. The summed E-state index contributed by atoms with van der Waals surface area (Å²) >= 11 is 1.15. The van der Waals surface area contributed by atoms with Crippen molar-refractivity contribution in [3.05, 3.63) is 11.3 Å². The number of hydrogen-bond donors (Lipinski definition) is 2. The number of carboxylic acid groups (broad SMARTS) is 1. The number of nitrogens with zero attached hydrogens (tertiary/aromatic N) is 3. The summed E-state index contributed by atoms with van der Waals surface area (Å²) in [5.74, 6) is -1.34. The first-order chi connectivity index (χ1) is 12.5. The summed E-state index contributed by atoms with van der Waals surface area (Å²) in [7, 11) is -1.43. The van der Waals surface area contributed by atoms with Crippen LogP contribution in [0.1, 0.15) is 41.9 Å². The molecule has 138 valence electrons. The highest BCUT2D eigenvalue weighted by atomic mass is 32.2. The van der Waals surface area contributed by atoms with Crippen LogP contribution in [0.25, 0.3) is 11.4 Å². The van der Waals surface area contributed by atoms with Gasteiger partial charge in [-0.05, 0) is 12.8 Å². The summed E-state index contributed by atoms with van der Waals surface area (Å²) < 4.78 is 20.2. The predicted molar refractivity (Wildman–Crippen MR) is 93.8 cm³/mol. The van der Waals surface area contributed by atoms with Crippen LogP contribution in [0.2, 0.25) is 0 Å². The predicted octanol–water partition coefficient (Wildman–Crippen LogP) is 1.64. The van der Waals surface area contributed by atoms with Gasteiger partial charge in [0.1, 0.15) is 9.90 Å². The molecule has 1 fully saturated rings.